The van der Waals surface area contributed by atoms with Gasteiger partial charge in [-0.15, -0.1) is 0 Å². The van der Waals surface area contributed by atoms with Crippen LogP contribution in [0.2, 0.25) is 5.02 Å². The van der Waals surface area contributed by atoms with Crippen LogP contribution in [0.1, 0.15) is 18.0 Å². The molecule has 25 heavy (non-hydrogen) atoms. The molecule has 0 saturated heterocycles. The number of hydrogen-bond donors (Lipinski definition) is 1. The number of nitrogens with one attached hydrogen (secondary N) is 1. The summed E-state index contributed by atoms with van der Waals surface area (Å²) >= 11 is 6.05. The number of sulfonamides is 1. The van der Waals surface area contributed by atoms with Crippen molar-refractivity contribution >= 4 is 21.6 Å². The highest BCUT2D eigenvalue weighted by Crippen LogP contribution is 2.36. The zero-order valence-electron chi connectivity index (χ0n) is 13.8. The van der Waals surface area contributed by atoms with E-state index < -0.39 is 16.1 Å². The van der Waals surface area contributed by atoms with Crippen LogP contribution in [0, 0.1) is 0 Å². The van der Waals surface area contributed by atoms with Crippen molar-refractivity contribution in [1.82, 2.24) is 4.72 Å². The predicted molar refractivity (Wildman–Crippen MR) is 94.2 cm³/mol. The summed E-state index contributed by atoms with van der Waals surface area (Å²) < 4.78 is 44.5. The first-order valence-electron chi connectivity index (χ1n) is 7.61. The second kappa shape index (κ2) is 7.11. The van der Waals surface area contributed by atoms with Crippen LogP contribution in [0.5, 0.6) is 17.2 Å². The first-order chi connectivity index (χ1) is 11.9. The highest BCUT2D eigenvalue weighted by Gasteiger charge is 2.29. The summed E-state index contributed by atoms with van der Waals surface area (Å²) in [7, 11) is -0.949. The number of fused-ring (bicyclic) bond motifs is 1. The van der Waals surface area contributed by atoms with E-state index in [-0.39, 0.29) is 10.6 Å². The summed E-state index contributed by atoms with van der Waals surface area (Å²) in [5.74, 6) is 1.30. The molecule has 134 valence electrons. The minimum Gasteiger partial charge on any atom is -0.497 e. The monoisotopic (exact) mass is 383 g/mol. The lowest BCUT2D eigenvalue weighted by molar-refractivity contribution is 0.263. The van der Waals surface area contributed by atoms with Gasteiger partial charge in [0.1, 0.15) is 22.1 Å². The Labute approximate surface area is 151 Å². The molecule has 8 heteroatoms. The Kier molecular flexibility index (Phi) is 5.08. The molecule has 1 unspecified atom stereocenters. The molecular weight excluding hydrogens is 366 g/mol. The zero-order valence-corrected chi connectivity index (χ0v) is 15.4. The van der Waals surface area contributed by atoms with Crippen LogP contribution in [-0.2, 0) is 10.0 Å². The third-order valence-corrected chi connectivity index (χ3v) is 5.70. The normalized spacial score (nSPS) is 16.7. The van der Waals surface area contributed by atoms with Gasteiger partial charge in [-0.25, -0.2) is 13.1 Å². The molecule has 2 aromatic carbocycles. The highest BCUT2D eigenvalue weighted by molar-refractivity contribution is 7.89. The molecule has 0 aliphatic carbocycles. The lowest BCUT2D eigenvalue weighted by Gasteiger charge is -2.27. The van der Waals surface area contributed by atoms with Crippen LogP contribution in [0.25, 0.3) is 0 Å². The van der Waals surface area contributed by atoms with Gasteiger partial charge >= 0.3 is 0 Å². The van der Waals surface area contributed by atoms with E-state index in [1.165, 1.54) is 20.3 Å². The van der Waals surface area contributed by atoms with Gasteiger partial charge in [0.15, 0.2) is 0 Å². The number of benzene rings is 2. The number of rotatable bonds is 5. The van der Waals surface area contributed by atoms with Gasteiger partial charge in [-0.05, 0) is 30.3 Å². The Morgan fingerprint density at radius 3 is 2.68 bits per heavy atom. The molecule has 3 rings (SSSR count). The van der Waals surface area contributed by atoms with Crippen molar-refractivity contribution in [1.29, 1.82) is 0 Å². The van der Waals surface area contributed by atoms with E-state index in [0.717, 1.165) is 0 Å². The van der Waals surface area contributed by atoms with E-state index >= 15 is 0 Å². The topological polar surface area (TPSA) is 73.9 Å². The molecule has 0 fully saturated rings. The molecule has 1 aliphatic rings. The zero-order chi connectivity index (χ0) is 18.0. The Balaban J connectivity index is 1.97. The Morgan fingerprint density at radius 1 is 1.16 bits per heavy atom. The first kappa shape index (κ1) is 17.8. The SMILES string of the molecule is COc1ccc(OC)c(S(=O)(=O)NC2CCOc3ccc(Cl)cc32)c1. The summed E-state index contributed by atoms with van der Waals surface area (Å²) in [6.45, 7) is 0.414. The van der Waals surface area contributed by atoms with Gasteiger partial charge in [0.2, 0.25) is 10.0 Å². The van der Waals surface area contributed by atoms with Gasteiger partial charge in [-0.1, -0.05) is 11.6 Å². The van der Waals surface area contributed by atoms with Crippen LogP contribution >= 0.6 is 11.6 Å². The van der Waals surface area contributed by atoms with E-state index in [1.807, 2.05) is 0 Å². The largest absolute Gasteiger partial charge is 0.497 e. The van der Waals surface area contributed by atoms with Crippen molar-refractivity contribution in [3.63, 3.8) is 0 Å². The second-order valence-corrected chi connectivity index (χ2v) is 7.63. The van der Waals surface area contributed by atoms with E-state index in [1.54, 1.807) is 30.3 Å². The van der Waals surface area contributed by atoms with E-state index in [4.69, 9.17) is 25.8 Å². The van der Waals surface area contributed by atoms with Crippen LogP contribution in [0.15, 0.2) is 41.3 Å². The minimum absolute atomic E-state index is 0.0180. The molecule has 1 heterocycles. The molecule has 1 aliphatic heterocycles. The molecule has 1 N–H and O–H groups in total. The van der Waals surface area contributed by atoms with Crippen LogP contribution in [0.4, 0.5) is 0 Å². The summed E-state index contributed by atoms with van der Waals surface area (Å²) in [6, 6.07) is 9.35. The minimum atomic E-state index is -3.84. The molecule has 0 aromatic heterocycles. The van der Waals surface area contributed by atoms with Gasteiger partial charge < -0.3 is 14.2 Å². The third-order valence-electron chi connectivity index (χ3n) is 3.97. The molecule has 0 amide bonds. The predicted octanol–water partition coefficient (Wildman–Crippen LogP) is 3.16. The maximum Gasteiger partial charge on any atom is 0.244 e. The lowest BCUT2D eigenvalue weighted by atomic mass is 10.0. The number of methoxy groups -OCH3 is 2. The van der Waals surface area contributed by atoms with Crippen molar-refractivity contribution < 1.29 is 22.6 Å². The van der Waals surface area contributed by atoms with Crippen LogP contribution in [0.3, 0.4) is 0 Å². The molecule has 0 saturated carbocycles. The molecular formula is C17H18ClNO5S. The number of ether oxygens (including phenoxy) is 3. The van der Waals surface area contributed by atoms with E-state index in [9.17, 15) is 8.42 Å². The van der Waals surface area contributed by atoms with Crippen molar-refractivity contribution in [2.75, 3.05) is 20.8 Å². The van der Waals surface area contributed by atoms with Crippen molar-refractivity contribution in [2.24, 2.45) is 0 Å². The summed E-state index contributed by atoms with van der Waals surface area (Å²) in [5.41, 5.74) is 0.712. The molecule has 6 nitrogen and oxygen atoms in total. The van der Waals surface area contributed by atoms with Gasteiger partial charge in [0, 0.05) is 23.1 Å². The fourth-order valence-corrected chi connectivity index (χ4v) is 4.35. The van der Waals surface area contributed by atoms with Gasteiger partial charge in [0.05, 0.1) is 26.9 Å². The number of hydrogen-bond acceptors (Lipinski definition) is 5. The first-order valence-corrected chi connectivity index (χ1v) is 9.47. The Bertz CT molecular complexity index is 885. The fraction of sp³-hybridized carbons (Fsp3) is 0.294. The number of halogens is 1. The van der Waals surface area contributed by atoms with Crippen LogP contribution < -0.4 is 18.9 Å². The summed E-state index contributed by atoms with van der Waals surface area (Å²) in [5, 5.41) is 0.521. The lowest BCUT2D eigenvalue weighted by Crippen LogP contribution is -2.32. The third kappa shape index (κ3) is 3.68. The van der Waals surface area contributed by atoms with Gasteiger partial charge in [-0.3, -0.25) is 0 Å². The average Bonchev–Trinajstić information content (AvgIpc) is 2.61. The van der Waals surface area contributed by atoms with E-state index in [2.05, 4.69) is 4.72 Å². The maximum atomic E-state index is 12.9. The smallest absolute Gasteiger partial charge is 0.244 e. The Morgan fingerprint density at radius 2 is 1.96 bits per heavy atom. The van der Waals surface area contributed by atoms with Crippen molar-refractivity contribution in [3.05, 3.63) is 47.0 Å². The average molecular weight is 384 g/mol. The quantitative estimate of drug-likeness (QED) is 0.858. The molecule has 0 radical (unpaired) electrons. The summed E-state index contributed by atoms with van der Waals surface area (Å²) in [6.07, 6.45) is 0.499. The molecule has 0 bridgehead atoms. The molecule has 2 aromatic rings. The van der Waals surface area contributed by atoms with Crippen molar-refractivity contribution in [3.8, 4) is 17.2 Å². The van der Waals surface area contributed by atoms with Gasteiger partial charge in [-0.2, -0.15) is 0 Å². The van der Waals surface area contributed by atoms with Gasteiger partial charge in [0.25, 0.3) is 0 Å². The van der Waals surface area contributed by atoms with E-state index in [0.29, 0.717) is 35.1 Å². The second-order valence-electron chi connectivity index (χ2n) is 5.51. The molecule has 0 spiro atoms. The summed E-state index contributed by atoms with van der Waals surface area (Å²) in [4.78, 5) is 0.0180. The van der Waals surface area contributed by atoms with Crippen LogP contribution in [-0.4, -0.2) is 29.2 Å². The highest BCUT2D eigenvalue weighted by atomic mass is 35.5. The molecule has 1 atom stereocenters. The van der Waals surface area contributed by atoms with Crippen molar-refractivity contribution in [2.45, 2.75) is 17.4 Å². The maximum absolute atomic E-state index is 12.9. The fourth-order valence-electron chi connectivity index (χ4n) is 2.73. The Hall–Kier alpha value is -1.96. The standard InChI is InChI=1S/C17H18ClNO5S/c1-22-12-4-6-16(23-2)17(10-12)25(20,21)19-14-7-8-24-15-5-3-11(18)9-13(14)15/h3-6,9-10,14,19H,7-8H2,1-2H3.